The van der Waals surface area contributed by atoms with Gasteiger partial charge in [-0.1, -0.05) is 18.2 Å². The van der Waals surface area contributed by atoms with Crippen molar-refractivity contribution in [3.05, 3.63) is 35.9 Å². The van der Waals surface area contributed by atoms with E-state index in [4.69, 9.17) is 10.8 Å². The molecule has 0 saturated heterocycles. The summed E-state index contributed by atoms with van der Waals surface area (Å²) >= 11 is 0. The molecule has 0 bridgehead atoms. The predicted molar refractivity (Wildman–Crippen MR) is 57.1 cm³/mol. The summed E-state index contributed by atoms with van der Waals surface area (Å²) in [5, 5.41) is 8.46. The lowest BCUT2D eigenvalue weighted by Crippen LogP contribution is -2.33. The number of rotatable bonds is 4. The molecular weight excluding hydrogens is 226 g/mol. The molecule has 6 nitrogen and oxygen atoms in total. The van der Waals surface area contributed by atoms with Crippen molar-refractivity contribution >= 4 is 17.9 Å². The maximum absolute atomic E-state index is 11.4. The molecular formula is C11H11NO5. The second kappa shape index (κ2) is 5.76. The van der Waals surface area contributed by atoms with Gasteiger partial charge >= 0.3 is 17.9 Å². The number of carbonyl (C=O) groups excluding carboxylic acids is 2. The van der Waals surface area contributed by atoms with Crippen LogP contribution < -0.4 is 5.73 Å². The van der Waals surface area contributed by atoms with Crippen LogP contribution in [0.2, 0.25) is 0 Å². The number of nitrogens with two attached hydrogens (primary N) is 1. The molecule has 6 heteroatoms. The van der Waals surface area contributed by atoms with Crippen molar-refractivity contribution in [3.8, 4) is 0 Å². The van der Waals surface area contributed by atoms with Crippen molar-refractivity contribution < 1.29 is 24.2 Å². The fourth-order valence-corrected chi connectivity index (χ4v) is 1.05. The van der Waals surface area contributed by atoms with Crippen LogP contribution in [0.1, 0.15) is 16.8 Å². The number of aliphatic carboxylic acids is 1. The maximum atomic E-state index is 11.4. The van der Waals surface area contributed by atoms with Crippen LogP contribution in [0, 0.1) is 0 Å². The van der Waals surface area contributed by atoms with Gasteiger partial charge in [0.15, 0.2) is 0 Å². The molecule has 0 aliphatic carbocycles. The molecule has 0 unspecified atom stereocenters. The average molecular weight is 237 g/mol. The molecule has 1 aromatic rings. The molecule has 0 aromatic heterocycles. The van der Waals surface area contributed by atoms with Crippen LogP contribution in [0.3, 0.4) is 0 Å². The van der Waals surface area contributed by atoms with Gasteiger partial charge in [0, 0.05) is 0 Å². The first kappa shape index (κ1) is 12.9. The molecule has 1 rings (SSSR count). The second-order valence-electron chi connectivity index (χ2n) is 3.28. The minimum Gasteiger partial charge on any atom is -0.480 e. The monoisotopic (exact) mass is 237 g/mol. The lowest BCUT2D eigenvalue weighted by molar-refractivity contribution is -0.145. The van der Waals surface area contributed by atoms with E-state index in [-0.39, 0.29) is 5.56 Å². The van der Waals surface area contributed by atoms with Gasteiger partial charge in [0.05, 0.1) is 12.0 Å². The van der Waals surface area contributed by atoms with E-state index in [1.54, 1.807) is 18.2 Å². The molecule has 0 spiro atoms. The molecule has 1 atom stereocenters. The summed E-state index contributed by atoms with van der Waals surface area (Å²) in [6.07, 6.45) is -0.548. The summed E-state index contributed by atoms with van der Waals surface area (Å²) in [6, 6.07) is 6.53. The Morgan fingerprint density at radius 1 is 1.24 bits per heavy atom. The average Bonchev–Trinajstić information content (AvgIpc) is 2.29. The zero-order chi connectivity index (χ0) is 12.8. The van der Waals surface area contributed by atoms with E-state index in [9.17, 15) is 14.4 Å². The summed E-state index contributed by atoms with van der Waals surface area (Å²) in [5.41, 5.74) is 5.33. The van der Waals surface area contributed by atoms with Crippen molar-refractivity contribution in [1.29, 1.82) is 0 Å². The van der Waals surface area contributed by atoms with Gasteiger partial charge in [-0.15, -0.1) is 0 Å². The van der Waals surface area contributed by atoms with Crippen LogP contribution in [0.15, 0.2) is 30.3 Å². The Morgan fingerprint density at radius 3 is 2.35 bits per heavy atom. The van der Waals surface area contributed by atoms with Gasteiger partial charge in [-0.25, -0.2) is 4.79 Å². The van der Waals surface area contributed by atoms with E-state index in [2.05, 4.69) is 4.74 Å². The summed E-state index contributed by atoms with van der Waals surface area (Å²) < 4.78 is 4.44. The zero-order valence-electron chi connectivity index (χ0n) is 8.83. The SMILES string of the molecule is N[C@@H](CC(=O)OC(=O)c1ccccc1)C(=O)O. The van der Waals surface area contributed by atoms with Gasteiger partial charge in [-0.05, 0) is 12.1 Å². The molecule has 0 aliphatic rings. The molecule has 0 heterocycles. The number of carbonyl (C=O) groups is 3. The van der Waals surface area contributed by atoms with Crippen molar-refractivity contribution in [2.45, 2.75) is 12.5 Å². The summed E-state index contributed by atoms with van der Waals surface area (Å²) in [7, 11) is 0. The molecule has 0 saturated carbocycles. The van der Waals surface area contributed by atoms with E-state index in [0.717, 1.165) is 0 Å². The van der Waals surface area contributed by atoms with Crippen LogP contribution in [0.4, 0.5) is 0 Å². The highest BCUT2D eigenvalue weighted by Gasteiger charge is 2.20. The summed E-state index contributed by atoms with van der Waals surface area (Å²) in [5.74, 6) is -3.11. The summed E-state index contributed by atoms with van der Waals surface area (Å²) in [6.45, 7) is 0. The van der Waals surface area contributed by atoms with Crippen molar-refractivity contribution in [2.75, 3.05) is 0 Å². The Labute approximate surface area is 97.0 Å². The number of hydrogen-bond acceptors (Lipinski definition) is 5. The topological polar surface area (TPSA) is 107 Å². The molecule has 0 radical (unpaired) electrons. The number of carboxylic acid groups (broad SMARTS) is 1. The second-order valence-corrected chi connectivity index (χ2v) is 3.28. The summed E-state index contributed by atoms with van der Waals surface area (Å²) in [4.78, 5) is 32.9. The highest BCUT2D eigenvalue weighted by atomic mass is 16.6. The Hall–Kier alpha value is -2.21. The minimum absolute atomic E-state index is 0.213. The van der Waals surface area contributed by atoms with Gasteiger partial charge in [-0.2, -0.15) is 0 Å². The fraction of sp³-hybridized carbons (Fsp3) is 0.182. The van der Waals surface area contributed by atoms with Gasteiger partial charge in [0.2, 0.25) is 0 Å². The molecule has 1 aromatic carbocycles. The van der Waals surface area contributed by atoms with Gasteiger partial charge in [0.1, 0.15) is 6.04 Å². The van der Waals surface area contributed by atoms with Gasteiger partial charge in [0.25, 0.3) is 0 Å². The van der Waals surface area contributed by atoms with Crippen molar-refractivity contribution in [3.63, 3.8) is 0 Å². The van der Waals surface area contributed by atoms with Crippen LogP contribution >= 0.6 is 0 Å². The van der Waals surface area contributed by atoms with E-state index >= 15 is 0 Å². The van der Waals surface area contributed by atoms with Crippen LogP contribution in [0.25, 0.3) is 0 Å². The van der Waals surface area contributed by atoms with Crippen LogP contribution in [0.5, 0.6) is 0 Å². The van der Waals surface area contributed by atoms with E-state index < -0.39 is 30.4 Å². The number of ether oxygens (including phenoxy) is 1. The highest BCUT2D eigenvalue weighted by molar-refractivity contribution is 5.97. The lowest BCUT2D eigenvalue weighted by atomic mass is 10.2. The molecule has 0 amide bonds. The first-order chi connectivity index (χ1) is 8.00. The largest absolute Gasteiger partial charge is 0.480 e. The molecule has 0 fully saturated rings. The zero-order valence-corrected chi connectivity index (χ0v) is 8.83. The molecule has 0 aliphatic heterocycles. The number of esters is 2. The van der Waals surface area contributed by atoms with Crippen LogP contribution in [-0.4, -0.2) is 29.1 Å². The number of carboxylic acids is 1. The molecule has 17 heavy (non-hydrogen) atoms. The Kier molecular flexibility index (Phi) is 4.36. The fourth-order valence-electron chi connectivity index (χ4n) is 1.05. The Morgan fingerprint density at radius 2 is 1.82 bits per heavy atom. The third-order valence-corrected chi connectivity index (χ3v) is 1.92. The Balaban J connectivity index is 2.53. The molecule has 3 N–H and O–H groups in total. The third-order valence-electron chi connectivity index (χ3n) is 1.92. The highest BCUT2D eigenvalue weighted by Crippen LogP contribution is 2.03. The van der Waals surface area contributed by atoms with Crippen molar-refractivity contribution in [2.24, 2.45) is 5.73 Å². The Bertz CT molecular complexity index is 429. The minimum atomic E-state index is -1.37. The van der Waals surface area contributed by atoms with Gasteiger partial charge in [-0.3, -0.25) is 9.59 Å². The van der Waals surface area contributed by atoms with Gasteiger partial charge < -0.3 is 15.6 Å². The molecule has 90 valence electrons. The van der Waals surface area contributed by atoms with E-state index in [1.165, 1.54) is 12.1 Å². The van der Waals surface area contributed by atoms with Crippen molar-refractivity contribution in [1.82, 2.24) is 0 Å². The number of hydrogen-bond donors (Lipinski definition) is 2. The normalized spacial score (nSPS) is 11.6. The third kappa shape index (κ3) is 4.04. The maximum Gasteiger partial charge on any atom is 0.345 e. The lowest BCUT2D eigenvalue weighted by Gasteiger charge is -2.05. The standard InChI is InChI=1S/C11H11NO5/c12-8(10(14)15)6-9(13)17-11(16)7-4-2-1-3-5-7/h1-5,8H,6,12H2,(H,14,15)/t8-/m0/s1. The first-order valence-corrected chi connectivity index (χ1v) is 4.79. The van der Waals surface area contributed by atoms with E-state index in [0.29, 0.717) is 0 Å². The van der Waals surface area contributed by atoms with E-state index in [1.807, 2.05) is 0 Å². The first-order valence-electron chi connectivity index (χ1n) is 4.79. The van der Waals surface area contributed by atoms with Crippen LogP contribution in [-0.2, 0) is 14.3 Å². The smallest absolute Gasteiger partial charge is 0.345 e. The number of benzene rings is 1. The predicted octanol–water partition coefficient (Wildman–Crippen LogP) is 0.172. The quantitative estimate of drug-likeness (QED) is 0.571.